The molecule has 1 aromatic carbocycles. The average Bonchev–Trinajstić information content (AvgIpc) is 2.49. The van der Waals surface area contributed by atoms with E-state index in [0.717, 1.165) is 24.3 Å². The van der Waals surface area contributed by atoms with E-state index < -0.39 is 41.7 Å². The molecule has 0 unspecified atom stereocenters. The minimum atomic E-state index is -2.40. The second-order valence-electron chi connectivity index (χ2n) is 4.77. The molecule has 1 aliphatic rings. The molecule has 9 heteroatoms. The van der Waals surface area contributed by atoms with Crippen molar-refractivity contribution in [3.8, 4) is 0 Å². The van der Waals surface area contributed by atoms with Crippen LogP contribution in [0.1, 0.15) is 5.56 Å². The fourth-order valence-corrected chi connectivity index (χ4v) is 2.21. The zero-order chi connectivity index (χ0) is 15.8. The van der Waals surface area contributed by atoms with Crippen LogP contribution in [0.3, 0.4) is 0 Å². The largest absolute Gasteiger partial charge is 0.394 e. The summed E-state index contributed by atoms with van der Waals surface area (Å²) in [5.41, 5.74) is -0.281. The lowest BCUT2D eigenvalue weighted by molar-refractivity contribution is -0.385. The number of hydrogen-bond acceptors (Lipinski definition) is 8. The third-order valence-corrected chi connectivity index (χ3v) is 3.46. The van der Waals surface area contributed by atoms with Crippen LogP contribution in [0.25, 0.3) is 0 Å². The van der Waals surface area contributed by atoms with Gasteiger partial charge in [-0.3, -0.25) is 10.1 Å². The van der Waals surface area contributed by atoms with Gasteiger partial charge in [-0.25, -0.2) is 0 Å². The van der Waals surface area contributed by atoms with Crippen molar-refractivity contribution < 1.29 is 35.2 Å². The predicted molar refractivity (Wildman–Crippen MR) is 67.0 cm³/mol. The quantitative estimate of drug-likeness (QED) is 0.324. The fourth-order valence-electron chi connectivity index (χ4n) is 2.21. The molecule has 0 radical (unpaired) electrons. The molecule has 5 atom stereocenters. The van der Waals surface area contributed by atoms with E-state index in [1.807, 2.05) is 0 Å². The lowest BCUT2D eigenvalue weighted by Gasteiger charge is -2.45. The number of benzene rings is 1. The van der Waals surface area contributed by atoms with Crippen LogP contribution in [0.2, 0.25) is 0 Å². The molecule has 0 saturated carbocycles. The summed E-state index contributed by atoms with van der Waals surface area (Å²) >= 11 is 0. The number of non-ortho nitro benzene ring substituents is 1. The number of hydrogen-bond donors (Lipinski definition) is 5. The highest BCUT2D eigenvalue weighted by Gasteiger charge is 2.53. The van der Waals surface area contributed by atoms with Crippen LogP contribution in [-0.2, 0) is 10.5 Å². The molecule has 0 aromatic heterocycles. The summed E-state index contributed by atoms with van der Waals surface area (Å²) in [6, 6.07) is 4.49. The second-order valence-corrected chi connectivity index (χ2v) is 4.77. The van der Waals surface area contributed by atoms with Crippen LogP contribution < -0.4 is 0 Å². The molecule has 0 amide bonds. The first kappa shape index (κ1) is 15.8. The fraction of sp³-hybridized carbons (Fsp3) is 0.500. The first-order valence-corrected chi connectivity index (χ1v) is 6.11. The van der Waals surface area contributed by atoms with Gasteiger partial charge in [0.1, 0.15) is 24.4 Å². The smallest absolute Gasteiger partial charge is 0.269 e. The maximum Gasteiger partial charge on any atom is 0.269 e. The number of nitrogens with zero attached hydrogens (tertiary/aromatic N) is 1. The topological polar surface area (TPSA) is 154 Å². The molecule has 1 aliphatic heterocycles. The summed E-state index contributed by atoms with van der Waals surface area (Å²) in [7, 11) is 0. The van der Waals surface area contributed by atoms with E-state index in [2.05, 4.69) is 0 Å². The number of nitro groups is 1. The van der Waals surface area contributed by atoms with Crippen molar-refractivity contribution >= 4 is 5.69 Å². The normalized spacial score (nSPS) is 36.4. The van der Waals surface area contributed by atoms with Crippen LogP contribution in [-0.4, -0.2) is 61.5 Å². The molecule has 9 nitrogen and oxygen atoms in total. The van der Waals surface area contributed by atoms with E-state index in [0.29, 0.717) is 0 Å². The summed E-state index contributed by atoms with van der Waals surface area (Å²) in [5.74, 6) is -2.40. The Balaban J connectivity index is 2.37. The zero-order valence-electron chi connectivity index (χ0n) is 10.7. The summed E-state index contributed by atoms with van der Waals surface area (Å²) < 4.78 is 5.08. The van der Waals surface area contributed by atoms with E-state index in [1.54, 1.807) is 0 Å². The first-order valence-electron chi connectivity index (χ1n) is 6.11. The van der Waals surface area contributed by atoms with Gasteiger partial charge in [-0.15, -0.1) is 0 Å². The van der Waals surface area contributed by atoms with Gasteiger partial charge in [-0.1, -0.05) is 0 Å². The number of ether oxygens (including phenoxy) is 1. The standard InChI is InChI=1S/C12H15NO8/c14-5-8-9(15)10(16)11(17)12(18,21-8)6-1-3-7(4-2-6)13(19)20/h1-4,8-11,14-18H,5H2/t8-,9-,10+,11-,12-/m1/s1. The van der Waals surface area contributed by atoms with Crippen LogP contribution in [0.4, 0.5) is 5.69 Å². The van der Waals surface area contributed by atoms with Gasteiger partial charge in [0.05, 0.1) is 11.5 Å². The van der Waals surface area contributed by atoms with Gasteiger partial charge in [0.25, 0.3) is 5.69 Å². The SMILES string of the molecule is O=[N+]([O-])c1ccc([C@@]2(O)O[C@H](CO)[C@@H](O)[C@H](O)[C@H]2O)cc1. The van der Waals surface area contributed by atoms with Crippen molar-refractivity contribution in [2.45, 2.75) is 30.2 Å². The highest BCUT2D eigenvalue weighted by molar-refractivity contribution is 5.35. The third-order valence-electron chi connectivity index (χ3n) is 3.46. The molecular formula is C12H15NO8. The van der Waals surface area contributed by atoms with Gasteiger partial charge in [0.15, 0.2) is 0 Å². The van der Waals surface area contributed by atoms with Gasteiger partial charge in [0, 0.05) is 17.7 Å². The second kappa shape index (κ2) is 5.64. The Bertz CT molecular complexity index is 518. The van der Waals surface area contributed by atoms with Crippen molar-refractivity contribution in [3.05, 3.63) is 39.9 Å². The Hall–Kier alpha value is -1.62. The zero-order valence-corrected chi connectivity index (χ0v) is 10.7. The van der Waals surface area contributed by atoms with Gasteiger partial charge in [0.2, 0.25) is 5.79 Å². The van der Waals surface area contributed by atoms with Gasteiger partial charge >= 0.3 is 0 Å². The number of nitro benzene ring substituents is 1. The monoisotopic (exact) mass is 301 g/mol. The van der Waals surface area contributed by atoms with Crippen molar-refractivity contribution in [1.82, 2.24) is 0 Å². The molecule has 0 aliphatic carbocycles. The Morgan fingerprint density at radius 3 is 2.24 bits per heavy atom. The summed E-state index contributed by atoms with van der Waals surface area (Å²) in [6.45, 7) is -0.694. The molecule has 0 bridgehead atoms. The lowest BCUT2D eigenvalue weighted by Crippen LogP contribution is -2.63. The minimum Gasteiger partial charge on any atom is -0.394 e. The van der Waals surface area contributed by atoms with Crippen molar-refractivity contribution in [2.24, 2.45) is 0 Å². The molecule has 5 N–H and O–H groups in total. The molecule has 1 heterocycles. The van der Waals surface area contributed by atoms with E-state index in [9.17, 15) is 30.5 Å². The summed E-state index contributed by atoms with van der Waals surface area (Å²) in [5, 5.41) is 59.3. The van der Waals surface area contributed by atoms with Crippen LogP contribution in [0.5, 0.6) is 0 Å². The van der Waals surface area contributed by atoms with Crippen molar-refractivity contribution in [3.63, 3.8) is 0 Å². The first-order chi connectivity index (χ1) is 9.81. The maximum absolute atomic E-state index is 10.6. The van der Waals surface area contributed by atoms with E-state index in [4.69, 9.17) is 9.84 Å². The highest BCUT2D eigenvalue weighted by Crippen LogP contribution is 2.36. The Kier molecular flexibility index (Phi) is 4.23. The Labute approximate surface area is 118 Å². The highest BCUT2D eigenvalue weighted by atomic mass is 16.7. The van der Waals surface area contributed by atoms with E-state index in [-0.39, 0.29) is 11.3 Å². The minimum absolute atomic E-state index is 0.0509. The van der Waals surface area contributed by atoms with Crippen molar-refractivity contribution in [2.75, 3.05) is 6.61 Å². The van der Waals surface area contributed by atoms with Crippen molar-refractivity contribution in [1.29, 1.82) is 0 Å². The summed E-state index contributed by atoms with van der Waals surface area (Å²) in [6.07, 6.45) is -6.54. The third kappa shape index (κ3) is 2.62. The number of rotatable bonds is 3. The van der Waals surface area contributed by atoms with E-state index in [1.165, 1.54) is 0 Å². The van der Waals surface area contributed by atoms with Gasteiger partial charge in [-0.2, -0.15) is 0 Å². The number of aliphatic hydroxyl groups is 5. The lowest BCUT2D eigenvalue weighted by atomic mass is 9.88. The predicted octanol–water partition coefficient (Wildman–Crippen LogP) is -1.79. The average molecular weight is 301 g/mol. The van der Waals surface area contributed by atoms with Gasteiger partial charge in [-0.05, 0) is 12.1 Å². The molecular weight excluding hydrogens is 286 g/mol. The molecule has 1 aromatic rings. The van der Waals surface area contributed by atoms with E-state index >= 15 is 0 Å². The molecule has 0 spiro atoms. The number of aliphatic hydroxyl groups excluding tert-OH is 4. The van der Waals surface area contributed by atoms with Crippen LogP contribution in [0.15, 0.2) is 24.3 Å². The molecule has 1 fully saturated rings. The van der Waals surface area contributed by atoms with Crippen LogP contribution in [0, 0.1) is 10.1 Å². The Morgan fingerprint density at radius 2 is 1.76 bits per heavy atom. The molecule has 1 saturated heterocycles. The summed E-state index contributed by atoms with van der Waals surface area (Å²) in [4.78, 5) is 9.94. The maximum atomic E-state index is 10.6. The molecule has 116 valence electrons. The molecule has 2 rings (SSSR count). The molecule has 21 heavy (non-hydrogen) atoms. The Morgan fingerprint density at radius 1 is 1.19 bits per heavy atom. The van der Waals surface area contributed by atoms with Gasteiger partial charge < -0.3 is 30.3 Å². The van der Waals surface area contributed by atoms with Crippen LogP contribution >= 0.6 is 0 Å².